The first-order valence-electron chi connectivity index (χ1n) is 1.02. The summed E-state index contributed by atoms with van der Waals surface area (Å²) in [7, 11) is 0. The average Bonchev–Trinajstić information content (AvgIpc) is 0.918. The molecule has 0 saturated carbocycles. The van der Waals surface area contributed by atoms with Crippen LogP contribution in [0.2, 0.25) is 0 Å². The standard InChI is InChI=1S/C2H6O.Li.H2O/c1-2-3;;/h3H,2H2,1H3;;1H2/q;+1;/p-1. The first kappa shape index (κ1) is 17.8. The van der Waals surface area contributed by atoms with Gasteiger partial charge in [-0.05, 0) is 6.92 Å². The van der Waals surface area contributed by atoms with Crippen molar-refractivity contribution < 1.29 is 29.4 Å². The maximum atomic E-state index is 7.57. The normalized spacial score (nSPS) is 3.60. The Kier molecular flexibility index (Phi) is 86.3. The number of hydrogen-bond acceptors (Lipinski definition) is 2. The van der Waals surface area contributed by atoms with E-state index in [0.29, 0.717) is 0 Å². The van der Waals surface area contributed by atoms with E-state index >= 15 is 0 Å². The molecule has 2 nitrogen and oxygen atoms in total. The van der Waals surface area contributed by atoms with Gasteiger partial charge in [0, 0.05) is 6.61 Å². The predicted octanol–water partition coefficient (Wildman–Crippen LogP) is -3.17. The molecular formula is C2H7LiO2. The van der Waals surface area contributed by atoms with Crippen LogP contribution in [0.3, 0.4) is 0 Å². The van der Waals surface area contributed by atoms with Crippen molar-refractivity contribution in [1.82, 2.24) is 0 Å². The summed E-state index contributed by atoms with van der Waals surface area (Å²) in [5, 5.41) is 7.57. The van der Waals surface area contributed by atoms with Gasteiger partial charge in [0.2, 0.25) is 0 Å². The molecule has 28 valence electrons. The van der Waals surface area contributed by atoms with Crippen LogP contribution < -0.4 is 18.9 Å². The van der Waals surface area contributed by atoms with Crippen LogP contribution in [-0.4, -0.2) is 17.2 Å². The number of hydrogen-bond donors (Lipinski definition) is 1. The van der Waals surface area contributed by atoms with Gasteiger partial charge in [-0.1, -0.05) is 0 Å². The summed E-state index contributed by atoms with van der Waals surface area (Å²) in [6, 6.07) is 0. The molecule has 0 fully saturated rings. The zero-order chi connectivity index (χ0) is 2.71. The van der Waals surface area contributed by atoms with Crippen LogP contribution in [0.25, 0.3) is 0 Å². The second-order valence-electron chi connectivity index (χ2n) is 0.316. The molecule has 0 atom stereocenters. The Labute approximate surface area is 43.7 Å². The van der Waals surface area contributed by atoms with Crippen molar-refractivity contribution in [3.05, 3.63) is 0 Å². The molecule has 5 heavy (non-hydrogen) atoms. The fourth-order valence-corrected chi connectivity index (χ4v) is 0. The van der Waals surface area contributed by atoms with Gasteiger partial charge in [-0.3, -0.25) is 0 Å². The van der Waals surface area contributed by atoms with Gasteiger partial charge < -0.3 is 10.6 Å². The maximum Gasteiger partial charge on any atom is 1.00 e. The van der Waals surface area contributed by atoms with Gasteiger partial charge in [-0.15, -0.1) is 0 Å². The Bertz CT molecular complexity index is 7.61. The summed E-state index contributed by atoms with van der Waals surface area (Å²) in [6.07, 6.45) is 0. The second kappa shape index (κ2) is 24.3. The summed E-state index contributed by atoms with van der Waals surface area (Å²) in [4.78, 5) is 0. The van der Waals surface area contributed by atoms with Gasteiger partial charge in [-0.2, -0.15) is 0 Å². The maximum absolute atomic E-state index is 7.57. The quantitative estimate of drug-likeness (QED) is 0.305. The first-order valence-corrected chi connectivity index (χ1v) is 1.02. The van der Waals surface area contributed by atoms with Crippen LogP contribution in [-0.2, 0) is 0 Å². The van der Waals surface area contributed by atoms with Crippen molar-refractivity contribution in [3.8, 4) is 0 Å². The van der Waals surface area contributed by atoms with E-state index in [-0.39, 0.29) is 30.9 Å². The molecule has 0 aliphatic heterocycles. The first-order chi connectivity index (χ1) is 1.41. The molecule has 0 aliphatic carbocycles. The van der Waals surface area contributed by atoms with E-state index in [1.165, 1.54) is 0 Å². The molecule has 0 spiro atoms. The monoisotopic (exact) mass is 70.1 g/mol. The van der Waals surface area contributed by atoms with Crippen LogP contribution in [0, 0.1) is 0 Å². The van der Waals surface area contributed by atoms with Crippen LogP contribution in [0.4, 0.5) is 0 Å². The van der Waals surface area contributed by atoms with Crippen LogP contribution >= 0.6 is 0 Å². The van der Waals surface area contributed by atoms with E-state index in [1.54, 1.807) is 6.92 Å². The Morgan fingerprint density at radius 1 is 1.60 bits per heavy atom. The zero-order valence-electron chi connectivity index (χ0n) is 3.60. The van der Waals surface area contributed by atoms with Crippen molar-refractivity contribution >= 4 is 0 Å². The molecular weight excluding hydrogens is 63.0 g/mol. The average molecular weight is 70.0 g/mol. The number of aliphatic hydroxyl groups excluding tert-OH is 1. The van der Waals surface area contributed by atoms with E-state index in [2.05, 4.69) is 0 Å². The molecule has 0 aromatic rings. The summed E-state index contributed by atoms with van der Waals surface area (Å²) in [5.41, 5.74) is 0. The molecule has 0 bridgehead atoms. The molecule has 0 rings (SSSR count). The van der Waals surface area contributed by atoms with E-state index in [1.807, 2.05) is 0 Å². The van der Waals surface area contributed by atoms with Gasteiger partial charge in [-0.25, -0.2) is 0 Å². The second-order valence-corrected chi connectivity index (χ2v) is 0.316. The summed E-state index contributed by atoms with van der Waals surface area (Å²) in [6.45, 7) is 1.93. The van der Waals surface area contributed by atoms with Crippen LogP contribution in [0.1, 0.15) is 6.92 Å². The molecule has 0 saturated heterocycles. The Balaban J connectivity index is -0.0000000200. The molecule has 0 amide bonds. The van der Waals surface area contributed by atoms with Gasteiger partial charge in [0.05, 0.1) is 0 Å². The van der Waals surface area contributed by atoms with Crippen molar-refractivity contribution in [3.63, 3.8) is 0 Å². The Morgan fingerprint density at radius 2 is 1.60 bits per heavy atom. The minimum atomic E-state index is 0. The van der Waals surface area contributed by atoms with E-state index < -0.39 is 0 Å². The summed E-state index contributed by atoms with van der Waals surface area (Å²) >= 11 is 0. The molecule has 0 aromatic heterocycles. The smallest absolute Gasteiger partial charge is 0.870 e. The third kappa shape index (κ3) is 107. The Morgan fingerprint density at radius 3 is 1.60 bits per heavy atom. The van der Waals surface area contributed by atoms with E-state index in [9.17, 15) is 0 Å². The number of rotatable bonds is 0. The van der Waals surface area contributed by atoms with Gasteiger partial charge >= 0.3 is 18.9 Å². The third-order valence-electron chi connectivity index (χ3n) is 0. The SMILES string of the molecule is CCO.[Li+].[OH-]. The molecule has 3 heteroatoms. The molecule has 0 aliphatic rings. The summed E-state index contributed by atoms with van der Waals surface area (Å²) < 4.78 is 0. The minimum absolute atomic E-state index is 0. The third-order valence-corrected chi connectivity index (χ3v) is 0. The predicted molar refractivity (Wildman–Crippen MR) is 14.7 cm³/mol. The zero-order valence-corrected chi connectivity index (χ0v) is 3.60. The summed E-state index contributed by atoms with van der Waals surface area (Å²) in [5.74, 6) is 0. The molecule has 0 unspecified atom stereocenters. The van der Waals surface area contributed by atoms with E-state index in [0.717, 1.165) is 0 Å². The fourth-order valence-electron chi connectivity index (χ4n) is 0. The molecule has 0 radical (unpaired) electrons. The topological polar surface area (TPSA) is 50.2 Å². The van der Waals surface area contributed by atoms with Crippen molar-refractivity contribution in [2.24, 2.45) is 0 Å². The largest absolute Gasteiger partial charge is 1.00 e. The van der Waals surface area contributed by atoms with Gasteiger partial charge in [0.1, 0.15) is 0 Å². The molecule has 0 heterocycles. The van der Waals surface area contributed by atoms with Crippen LogP contribution in [0.15, 0.2) is 0 Å². The number of aliphatic hydroxyl groups is 1. The molecule has 0 aromatic carbocycles. The van der Waals surface area contributed by atoms with Gasteiger partial charge in [0.25, 0.3) is 0 Å². The Hall–Kier alpha value is 0.517. The van der Waals surface area contributed by atoms with Crippen molar-refractivity contribution in [2.45, 2.75) is 6.92 Å². The van der Waals surface area contributed by atoms with Gasteiger partial charge in [0.15, 0.2) is 0 Å². The minimum Gasteiger partial charge on any atom is -0.870 e. The van der Waals surface area contributed by atoms with Crippen molar-refractivity contribution in [1.29, 1.82) is 0 Å². The van der Waals surface area contributed by atoms with Crippen molar-refractivity contribution in [2.75, 3.05) is 6.61 Å². The van der Waals surface area contributed by atoms with Crippen LogP contribution in [0.5, 0.6) is 0 Å². The van der Waals surface area contributed by atoms with E-state index in [4.69, 9.17) is 5.11 Å². The fraction of sp³-hybridized carbons (Fsp3) is 1.00. The molecule has 2 N–H and O–H groups in total.